The van der Waals surface area contributed by atoms with Crippen LogP contribution in [0.2, 0.25) is 5.02 Å². The molecular weight excluding hydrogens is 712 g/mol. The molecule has 15 nitrogen and oxygen atoms in total. The van der Waals surface area contributed by atoms with Gasteiger partial charge in [-0.15, -0.1) is 0 Å². The van der Waals surface area contributed by atoms with Crippen molar-refractivity contribution in [1.82, 2.24) is 39.3 Å². The molecule has 1 amide bonds. The molecule has 5 aromatic rings. The van der Waals surface area contributed by atoms with Crippen molar-refractivity contribution >= 4 is 45.6 Å². The molecule has 3 aliphatic rings. The zero-order valence-corrected chi connectivity index (χ0v) is 30.9. The molecular formula is C38H39ClN10O5. The van der Waals surface area contributed by atoms with Gasteiger partial charge in [0, 0.05) is 61.1 Å². The number of carbonyl (C=O) groups excluding carboxylic acids is 1. The SMILES string of the molecule is COc1cc2ncnc(Nc3ccc(Oc4ccn5ncnc5c4)c(Cl)c3)c2cc1OC1CN(C(=O)/C(C#N)=C/C(C)(C)N2CCN(C3COC3)CC2)C1. The van der Waals surface area contributed by atoms with Crippen molar-refractivity contribution in [2.75, 3.05) is 64.9 Å². The number of methoxy groups -OCH3 is 1. The molecule has 3 aromatic heterocycles. The third-order valence-corrected chi connectivity index (χ3v) is 10.4. The zero-order valence-electron chi connectivity index (χ0n) is 30.1. The van der Waals surface area contributed by atoms with Crippen LogP contribution in [0.4, 0.5) is 11.5 Å². The van der Waals surface area contributed by atoms with Gasteiger partial charge < -0.3 is 29.2 Å². The summed E-state index contributed by atoms with van der Waals surface area (Å²) < 4.78 is 25.0. The van der Waals surface area contributed by atoms with Crippen LogP contribution in [-0.2, 0) is 9.53 Å². The number of halogens is 1. The van der Waals surface area contributed by atoms with Gasteiger partial charge in [0.25, 0.3) is 5.91 Å². The molecule has 3 aliphatic heterocycles. The number of anilines is 2. The molecule has 16 heteroatoms. The first kappa shape index (κ1) is 35.5. The second-order valence-corrected chi connectivity index (χ2v) is 14.4. The Balaban J connectivity index is 0.919. The van der Waals surface area contributed by atoms with Gasteiger partial charge in [-0.2, -0.15) is 10.4 Å². The standard InChI is InChI=1S/C38H39ClN10O5/c1-38(2,48-10-8-46(9-11-48)26-20-52-21-26)16-24(17-40)37(50)47-18-28(19-47)54-34-14-29-31(15-33(34)51-3)41-22-43-36(29)45-25-4-5-32(30(39)12-25)53-27-6-7-49-35(13-27)42-23-44-49/h4-7,12-16,22-23,26,28H,8-11,18-21H2,1-3H3,(H,41,43,45)/b24-16+. The van der Waals surface area contributed by atoms with Crippen LogP contribution < -0.4 is 19.5 Å². The van der Waals surface area contributed by atoms with E-state index in [0.717, 1.165) is 39.4 Å². The van der Waals surface area contributed by atoms with Crippen molar-refractivity contribution in [3.63, 3.8) is 0 Å². The van der Waals surface area contributed by atoms with Gasteiger partial charge in [-0.3, -0.25) is 14.6 Å². The minimum atomic E-state index is -0.453. The Hall–Kier alpha value is -5.53. The monoisotopic (exact) mass is 750 g/mol. The number of hydrogen-bond acceptors (Lipinski definition) is 13. The highest BCUT2D eigenvalue weighted by molar-refractivity contribution is 6.32. The number of piperazine rings is 1. The molecule has 278 valence electrons. The molecule has 6 heterocycles. The van der Waals surface area contributed by atoms with Crippen LogP contribution in [0.15, 0.2) is 73.0 Å². The average Bonchev–Trinajstić information content (AvgIpc) is 3.60. The lowest BCUT2D eigenvalue weighted by atomic mass is 9.96. The summed E-state index contributed by atoms with van der Waals surface area (Å²) in [6.07, 6.45) is 6.21. The minimum Gasteiger partial charge on any atom is -0.493 e. The Bertz CT molecular complexity index is 2270. The Morgan fingerprint density at radius 3 is 2.56 bits per heavy atom. The second-order valence-electron chi connectivity index (χ2n) is 14.0. The van der Waals surface area contributed by atoms with Crippen molar-refractivity contribution in [2.45, 2.75) is 31.5 Å². The van der Waals surface area contributed by atoms with Crippen LogP contribution >= 0.6 is 11.6 Å². The highest BCUT2D eigenvalue weighted by atomic mass is 35.5. The van der Waals surface area contributed by atoms with Crippen molar-refractivity contribution < 1.29 is 23.7 Å². The van der Waals surface area contributed by atoms with Crippen LogP contribution in [0.3, 0.4) is 0 Å². The third kappa shape index (κ3) is 7.21. The Morgan fingerprint density at radius 2 is 1.83 bits per heavy atom. The summed E-state index contributed by atoms with van der Waals surface area (Å²) >= 11 is 6.63. The van der Waals surface area contributed by atoms with Crippen LogP contribution in [-0.4, -0.2) is 122 Å². The Labute approximate surface area is 316 Å². The molecule has 0 bridgehead atoms. The van der Waals surface area contributed by atoms with E-state index in [4.69, 9.17) is 30.5 Å². The van der Waals surface area contributed by atoms with Crippen molar-refractivity contribution in [1.29, 1.82) is 5.26 Å². The molecule has 3 saturated heterocycles. The number of fused-ring (bicyclic) bond motifs is 2. The maximum Gasteiger partial charge on any atom is 0.264 e. The smallest absolute Gasteiger partial charge is 0.264 e. The lowest BCUT2D eigenvalue weighted by molar-refractivity contribution is -0.135. The molecule has 0 spiro atoms. The molecule has 0 unspecified atom stereocenters. The van der Waals surface area contributed by atoms with E-state index in [1.165, 1.54) is 12.7 Å². The number of rotatable bonds is 11. The van der Waals surface area contributed by atoms with E-state index in [-0.39, 0.29) is 17.6 Å². The average molecular weight is 751 g/mol. The Kier molecular flexibility index (Phi) is 9.67. The molecule has 0 radical (unpaired) electrons. The lowest BCUT2D eigenvalue weighted by Gasteiger charge is -2.46. The fourth-order valence-corrected chi connectivity index (χ4v) is 7.13. The molecule has 0 aliphatic carbocycles. The van der Waals surface area contributed by atoms with Crippen molar-refractivity contribution in [3.05, 3.63) is 78.0 Å². The number of hydrogen-bond donors (Lipinski definition) is 1. The first-order chi connectivity index (χ1) is 26.2. The predicted octanol–water partition coefficient (Wildman–Crippen LogP) is 4.70. The highest BCUT2D eigenvalue weighted by Gasteiger charge is 2.37. The van der Waals surface area contributed by atoms with E-state index in [9.17, 15) is 10.1 Å². The van der Waals surface area contributed by atoms with Gasteiger partial charge >= 0.3 is 0 Å². The van der Waals surface area contributed by atoms with Crippen LogP contribution in [0.5, 0.6) is 23.0 Å². The first-order valence-corrected chi connectivity index (χ1v) is 18.1. The van der Waals surface area contributed by atoms with Gasteiger partial charge in [-0.25, -0.2) is 19.5 Å². The van der Waals surface area contributed by atoms with Crippen molar-refractivity contribution in [3.8, 4) is 29.1 Å². The molecule has 54 heavy (non-hydrogen) atoms. The number of benzene rings is 2. The lowest BCUT2D eigenvalue weighted by Crippen LogP contribution is -2.60. The van der Waals surface area contributed by atoms with E-state index in [2.05, 4.69) is 55.1 Å². The summed E-state index contributed by atoms with van der Waals surface area (Å²) in [6, 6.07) is 15.2. The normalized spacial score (nSPS) is 17.5. The zero-order chi connectivity index (χ0) is 37.4. The summed E-state index contributed by atoms with van der Waals surface area (Å²) in [4.78, 5) is 33.0. The van der Waals surface area contributed by atoms with Crippen LogP contribution in [0.25, 0.3) is 16.6 Å². The van der Waals surface area contributed by atoms with E-state index in [0.29, 0.717) is 75.2 Å². The molecule has 8 rings (SSSR count). The number of pyridine rings is 1. The maximum absolute atomic E-state index is 13.5. The summed E-state index contributed by atoms with van der Waals surface area (Å²) in [7, 11) is 1.56. The van der Waals surface area contributed by atoms with E-state index >= 15 is 0 Å². The van der Waals surface area contributed by atoms with Gasteiger partial charge in [-0.05, 0) is 50.3 Å². The first-order valence-electron chi connectivity index (χ1n) is 17.7. The quantitative estimate of drug-likeness (QED) is 0.147. The summed E-state index contributed by atoms with van der Waals surface area (Å²) in [6.45, 7) is 9.97. The van der Waals surface area contributed by atoms with E-state index < -0.39 is 5.54 Å². The molecule has 1 N–H and O–H groups in total. The molecule has 3 fully saturated rings. The number of likely N-dealkylation sites (tertiary alicyclic amines) is 1. The highest BCUT2D eigenvalue weighted by Crippen LogP contribution is 2.38. The molecule has 0 atom stereocenters. The fraction of sp³-hybridized carbons (Fsp3) is 0.368. The number of carbonyl (C=O) groups is 1. The predicted molar refractivity (Wildman–Crippen MR) is 200 cm³/mol. The molecule has 0 saturated carbocycles. The fourth-order valence-electron chi connectivity index (χ4n) is 6.91. The number of nitriles is 1. The van der Waals surface area contributed by atoms with Gasteiger partial charge in [0.15, 0.2) is 17.1 Å². The van der Waals surface area contributed by atoms with Gasteiger partial charge in [0.05, 0.1) is 50.0 Å². The number of ether oxygens (including phenoxy) is 4. The van der Waals surface area contributed by atoms with Crippen molar-refractivity contribution in [2.24, 2.45) is 0 Å². The van der Waals surface area contributed by atoms with Gasteiger partial charge in [0.2, 0.25) is 0 Å². The van der Waals surface area contributed by atoms with E-state index in [1.807, 2.05) is 12.1 Å². The Morgan fingerprint density at radius 1 is 1.02 bits per heavy atom. The summed E-state index contributed by atoms with van der Waals surface area (Å²) in [5.41, 5.74) is 1.66. The number of nitrogens with one attached hydrogen (secondary N) is 1. The molecule has 2 aromatic carbocycles. The van der Waals surface area contributed by atoms with E-state index in [1.54, 1.807) is 59.1 Å². The second kappa shape index (κ2) is 14.7. The third-order valence-electron chi connectivity index (χ3n) is 10.1. The summed E-state index contributed by atoms with van der Waals surface area (Å²) in [5.74, 6) is 2.26. The van der Waals surface area contributed by atoms with Gasteiger partial charge in [-0.1, -0.05) is 11.6 Å². The number of nitrogens with zero attached hydrogens (tertiary/aromatic N) is 9. The topological polar surface area (TPSA) is 156 Å². The number of amides is 1. The maximum atomic E-state index is 13.5. The van der Waals surface area contributed by atoms with Gasteiger partial charge in [0.1, 0.15) is 47.7 Å². The minimum absolute atomic E-state index is 0.137. The van der Waals surface area contributed by atoms with Crippen LogP contribution in [0.1, 0.15) is 13.8 Å². The number of aromatic nitrogens is 5. The van der Waals surface area contributed by atoms with Crippen LogP contribution in [0, 0.1) is 11.3 Å². The largest absolute Gasteiger partial charge is 0.493 e. The summed E-state index contributed by atoms with van der Waals surface area (Å²) in [5, 5.41) is 18.5.